The summed E-state index contributed by atoms with van der Waals surface area (Å²) in [6.45, 7) is 4.11. The van der Waals surface area contributed by atoms with Crippen molar-refractivity contribution in [3.05, 3.63) is 0 Å². The summed E-state index contributed by atoms with van der Waals surface area (Å²) >= 11 is 0. The van der Waals surface area contributed by atoms with Gasteiger partial charge in [0.25, 0.3) is 5.91 Å². The van der Waals surface area contributed by atoms with Crippen LogP contribution in [-0.2, 0) is 9.53 Å². The molecular formula is C12H18N2O2. The van der Waals surface area contributed by atoms with Crippen molar-refractivity contribution >= 4 is 5.91 Å². The second kappa shape index (κ2) is 4.84. The van der Waals surface area contributed by atoms with Gasteiger partial charge in [0.05, 0.1) is 12.0 Å². The van der Waals surface area contributed by atoms with Crippen LogP contribution in [0, 0.1) is 23.2 Å². The van der Waals surface area contributed by atoms with Gasteiger partial charge in [-0.15, -0.1) is 0 Å². The smallest absolute Gasteiger partial charge is 0.252 e. The Balaban J connectivity index is 1.96. The number of amides is 1. The molecule has 16 heavy (non-hydrogen) atoms. The first-order valence-electron chi connectivity index (χ1n) is 6.02. The van der Waals surface area contributed by atoms with Crippen LogP contribution >= 0.6 is 0 Å². The van der Waals surface area contributed by atoms with Crippen molar-refractivity contribution in [1.29, 1.82) is 5.26 Å². The van der Waals surface area contributed by atoms with Gasteiger partial charge in [-0.3, -0.25) is 4.79 Å². The zero-order chi connectivity index (χ0) is 11.5. The van der Waals surface area contributed by atoms with Crippen LogP contribution in [0.5, 0.6) is 0 Å². The van der Waals surface area contributed by atoms with Gasteiger partial charge in [0.1, 0.15) is 6.10 Å². The molecule has 0 aliphatic carbocycles. The van der Waals surface area contributed by atoms with Gasteiger partial charge in [0.15, 0.2) is 0 Å². The van der Waals surface area contributed by atoms with Crippen LogP contribution in [-0.4, -0.2) is 36.6 Å². The first-order valence-corrected chi connectivity index (χ1v) is 6.02. The SMILES string of the molecule is CC1CCOC1C(=O)N1CCCC(C#N)C1. The zero-order valence-corrected chi connectivity index (χ0v) is 9.69. The average Bonchev–Trinajstić information content (AvgIpc) is 2.74. The minimum atomic E-state index is -0.266. The van der Waals surface area contributed by atoms with Gasteiger partial charge in [-0.25, -0.2) is 0 Å². The van der Waals surface area contributed by atoms with Crippen LogP contribution in [0.2, 0.25) is 0 Å². The topological polar surface area (TPSA) is 53.3 Å². The average molecular weight is 222 g/mol. The number of ether oxygens (including phenoxy) is 1. The molecule has 88 valence electrons. The lowest BCUT2D eigenvalue weighted by Gasteiger charge is -2.32. The van der Waals surface area contributed by atoms with Gasteiger partial charge >= 0.3 is 0 Å². The molecule has 2 saturated heterocycles. The molecule has 4 heteroatoms. The standard InChI is InChI=1S/C12H18N2O2/c1-9-4-6-16-11(9)12(15)14-5-2-3-10(7-13)8-14/h9-11H,2-6,8H2,1H3. The van der Waals surface area contributed by atoms with Crippen molar-refractivity contribution < 1.29 is 9.53 Å². The molecule has 0 aromatic carbocycles. The fourth-order valence-corrected chi connectivity index (χ4v) is 2.47. The largest absolute Gasteiger partial charge is 0.368 e. The van der Waals surface area contributed by atoms with Gasteiger partial charge in [-0.2, -0.15) is 5.26 Å². The molecule has 0 saturated carbocycles. The van der Waals surface area contributed by atoms with Gasteiger partial charge < -0.3 is 9.64 Å². The molecule has 0 radical (unpaired) electrons. The molecule has 2 heterocycles. The molecule has 3 atom stereocenters. The van der Waals surface area contributed by atoms with Crippen LogP contribution in [0.1, 0.15) is 26.2 Å². The summed E-state index contributed by atoms with van der Waals surface area (Å²) in [6, 6.07) is 2.26. The second-order valence-electron chi connectivity index (χ2n) is 4.81. The summed E-state index contributed by atoms with van der Waals surface area (Å²) < 4.78 is 5.47. The maximum atomic E-state index is 12.2. The molecule has 0 bridgehead atoms. The predicted octanol–water partition coefficient (Wildman–Crippen LogP) is 1.17. The minimum Gasteiger partial charge on any atom is -0.368 e. The Hall–Kier alpha value is -1.08. The van der Waals surface area contributed by atoms with E-state index in [1.165, 1.54) is 0 Å². The van der Waals surface area contributed by atoms with Gasteiger partial charge in [0, 0.05) is 19.7 Å². The number of rotatable bonds is 1. The number of piperidine rings is 1. The van der Waals surface area contributed by atoms with Crippen LogP contribution in [0.25, 0.3) is 0 Å². The van der Waals surface area contributed by atoms with E-state index >= 15 is 0 Å². The highest BCUT2D eigenvalue weighted by molar-refractivity contribution is 5.81. The van der Waals surface area contributed by atoms with E-state index in [1.54, 1.807) is 0 Å². The van der Waals surface area contributed by atoms with Crippen LogP contribution in [0.4, 0.5) is 0 Å². The minimum absolute atomic E-state index is 0.00871. The van der Waals surface area contributed by atoms with Crippen molar-refractivity contribution in [3.8, 4) is 6.07 Å². The number of nitrogens with zero attached hydrogens (tertiary/aromatic N) is 2. The number of hydrogen-bond acceptors (Lipinski definition) is 3. The maximum absolute atomic E-state index is 12.2. The zero-order valence-electron chi connectivity index (χ0n) is 9.69. The van der Waals surface area contributed by atoms with Crippen molar-refractivity contribution in [3.63, 3.8) is 0 Å². The molecular weight excluding hydrogens is 204 g/mol. The lowest BCUT2D eigenvalue weighted by Crippen LogP contribution is -2.46. The van der Waals surface area contributed by atoms with E-state index in [0.29, 0.717) is 19.1 Å². The molecule has 0 aromatic heterocycles. The molecule has 1 amide bonds. The van der Waals surface area contributed by atoms with Gasteiger partial charge in [0.2, 0.25) is 0 Å². The van der Waals surface area contributed by atoms with E-state index in [1.807, 2.05) is 4.90 Å². The van der Waals surface area contributed by atoms with Crippen LogP contribution in [0.15, 0.2) is 0 Å². The van der Waals surface area contributed by atoms with Crippen molar-refractivity contribution in [2.75, 3.05) is 19.7 Å². The Kier molecular flexibility index (Phi) is 3.45. The number of likely N-dealkylation sites (tertiary alicyclic amines) is 1. The van der Waals surface area contributed by atoms with E-state index < -0.39 is 0 Å². The summed E-state index contributed by atoms with van der Waals surface area (Å²) in [5.41, 5.74) is 0. The second-order valence-corrected chi connectivity index (χ2v) is 4.81. The lowest BCUT2D eigenvalue weighted by molar-refractivity contribution is -0.143. The fourth-order valence-electron chi connectivity index (χ4n) is 2.47. The Morgan fingerprint density at radius 3 is 2.94 bits per heavy atom. The highest BCUT2D eigenvalue weighted by Gasteiger charge is 2.35. The third-order valence-corrected chi connectivity index (χ3v) is 3.55. The highest BCUT2D eigenvalue weighted by Crippen LogP contribution is 2.24. The van der Waals surface area contributed by atoms with E-state index in [2.05, 4.69) is 13.0 Å². The first-order chi connectivity index (χ1) is 7.72. The summed E-state index contributed by atoms with van der Waals surface area (Å²) in [5.74, 6) is 0.411. The third-order valence-electron chi connectivity index (χ3n) is 3.55. The van der Waals surface area contributed by atoms with E-state index in [9.17, 15) is 4.79 Å². The molecule has 2 fully saturated rings. The third kappa shape index (κ3) is 2.19. The Morgan fingerprint density at radius 2 is 2.31 bits per heavy atom. The van der Waals surface area contributed by atoms with E-state index in [-0.39, 0.29) is 17.9 Å². The Morgan fingerprint density at radius 1 is 1.50 bits per heavy atom. The van der Waals surface area contributed by atoms with Gasteiger partial charge in [-0.1, -0.05) is 6.92 Å². The molecule has 3 unspecified atom stereocenters. The summed E-state index contributed by atoms with van der Waals surface area (Å²) in [6.07, 6.45) is 2.55. The van der Waals surface area contributed by atoms with Gasteiger partial charge in [-0.05, 0) is 25.2 Å². The van der Waals surface area contributed by atoms with Crippen LogP contribution in [0.3, 0.4) is 0 Å². The molecule has 0 aromatic rings. The monoisotopic (exact) mass is 222 g/mol. The summed E-state index contributed by atoms with van der Waals surface area (Å²) in [5, 5.41) is 8.89. The van der Waals surface area contributed by atoms with E-state index in [0.717, 1.165) is 25.8 Å². The normalized spacial score (nSPS) is 34.8. The number of hydrogen-bond donors (Lipinski definition) is 0. The Labute approximate surface area is 96.2 Å². The number of carbonyl (C=O) groups excluding carboxylic acids is 1. The molecule has 2 aliphatic rings. The van der Waals surface area contributed by atoms with Crippen molar-refractivity contribution in [1.82, 2.24) is 4.90 Å². The number of carbonyl (C=O) groups is 1. The predicted molar refractivity (Wildman–Crippen MR) is 58.4 cm³/mol. The summed E-state index contributed by atoms with van der Waals surface area (Å²) in [4.78, 5) is 14.0. The quantitative estimate of drug-likeness (QED) is 0.669. The maximum Gasteiger partial charge on any atom is 0.252 e. The van der Waals surface area contributed by atoms with E-state index in [4.69, 9.17) is 10.00 Å². The summed E-state index contributed by atoms with van der Waals surface area (Å²) in [7, 11) is 0. The lowest BCUT2D eigenvalue weighted by atomic mass is 9.97. The van der Waals surface area contributed by atoms with Crippen LogP contribution < -0.4 is 0 Å². The van der Waals surface area contributed by atoms with Crippen molar-refractivity contribution in [2.45, 2.75) is 32.3 Å². The molecule has 0 N–H and O–H groups in total. The molecule has 4 nitrogen and oxygen atoms in total. The molecule has 0 spiro atoms. The fraction of sp³-hybridized carbons (Fsp3) is 0.833. The molecule has 2 rings (SSSR count). The Bertz CT molecular complexity index is 311. The first kappa shape index (κ1) is 11.4. The van der Waals surface area contributed by atoms with Crippen molar-refractivity contribution in [2.24, 2.45) is 11.8 Å². The number of nitriles is 1. The highest BCUT2D eigenvalue weighted by atomic mass is 16.5. The molecule has 2 aliphatic heterocycles.